The molecule has 0 atom stereocenters. The molecule has 0 fully saturated rings. The maximum absolute atomic E-state index is 14.3. The minimum Gasteiger partial charge on any atom is -0.444 e. The van der Waals surface area contributed by atoms with Gasteiger partial charge in [-0.05, 0) is 29.5 Å². The molecule has 0 amide bonds. The molecule has 0 saturated carbocycles. The second-order valence-electron chi connectivity index (χ2n) is 6.70. The molecule has 4 aromatic rings. The van der Waals surface area contributed by atoms with Crippen molar-refractivity contribution in [3.8, 4) is 22.2 Å². The van der Waals surface area contributed by atoms with Gasteiger partial charge in [0.15, 0.2) is 11.0 Å². The lowest BCUT2D eigenvalue weighted by Gasteiger charge is -2.12. The molecule has 0 aliphatic rings. The summed E-state index contributed by atoms with van der Waals surface area (Å²) in [6, 6.07) is 10.6. The van der Waals surface area contributed by atoms with Gasteiger partial charge in [0.1, 0.15) is 12.1 Å². The van der Waals surface area contributed by atoms with E-state index < -0.39 is 0 Å². The van der Waals surface area contributed by atoms with Gasteiger partial charge in [0, 0.05) is 12.3 Å². The maximum Gasteiger partial charge on any atom is 0.236 e. The third kappa shape index (κ3) is 4.02. The number of hydrogen-bond acceptors (Lipinski definition) is 6. The van der Waals surface area contributed by atoms with E-state index in [9.17, 15) is 4.39 Å². The number of rotatable bonds is 7. The Balaban J connectivity index is 1.57. The van der Waals surface area contributed by atoms with Crippen molar-refractivity contribution in [1.82, 2.24) is 19.7 Å². The molecule has 0 spiro atoms. The normalized spacial score (nSPS) is 11.4. The molecule has 0 radical (unpaired) electrons. The van der Waals surface area contributed by atoms with E-state index in [1.807, 2.05) is 22.1 Å². The van der Waals surface area contributed by atoms with Gasteiger partial charge >= 0.3 is 0 Å². The fraction of sp³-hybridized carbons (Fsp3) is 0.250. The predicted molar refractivity (Wildman–Crippen MR) is 110 cm³/mol. The van der Waals surface area contributed by atoms with Crippen LogP contribution in [0.2, 0.25) is 0 Å². The monoisotopic (exact) mass is 414 g/mol. The zero-order chi connectivity index (χ0) is 19.5. The number of halogens is 1. The average Bonchev–Trinajstić information content (AvgIpc) is 3.41. The van der Waals surface area contributed by atoms with Gasteiger partial charge in [-0.2, -0.15) is 0 Å². The molecule has 0 saturated heterocycles. The fourth-order valence-corrected chi connectivity index (χ4v) is 4.27. The van der Waals surface area contributed by atoms with Crippen molar-refractivity contribution < 1.29 is 8.81 Å². The molecule has 0 aliphatic heterocycles. The first-order valence-corrected chi connectivity index (χ1v) is 10.8. The Morgan fingerprint density at radius 2 is 2.04 bits per heavy atom. The zero-order valence-corrected chi connectivity index (χ0v) is 17.1. The largest absolute Gasteiger partial charge is 0.444 e. The van der Waals surface area contributed by atoms with Gasteiger partial charge in [0.05, 0.1) is 16.1 Å². The summed E-state index contributed by atoms with van der Waals surface area (Å²) >= 11 is 3.11. The van der Waals surface area contributed by atoms with Gasteiger partial charge in [-0.1, -0.05) is 43.8 Å². The van der Waals surface area contributed by atoms with Crippen LogP contribution in [0.15, 0.2) is 57.6 Å². The molecule has 0 aliphatic carbocycles. The molecule has 3 aromatic heterocycles. The number of aromatic nitrogens is 4. The van der Waals surface area contributed by atoms with Crippen LogP contribution in [0, 0.1) is 11.7 Å². The number of hydrogen-bond donors (Lipinski definition) is 0. The van der Waals surface area contributed by atoms with Gasteiger partial charge in [0.2, 0.25) is 5.89 Å². The summed E-state index contributed by atoms with van der Waals surface area (Å²) in [4.78, 5) is 5.54. The van der Waals surface area contributed by atoms with E-state index in [0.717, 1.165) is 15.7 Å². The van der Waals surface area contributed by atoms with Gasteiger partial charge in [-0.15, -0.1) is 21.5 Å². The van der Waals surface area contributed by atoms with E-state index in [4.69, 9.17) is 4.42 Å². The smallest absolute Gasteiger partial charge is 0.236 e. The predicted octanol–water partition coefficient (Wildman–Crippen LogP) is 5.75. The Morgan fingerprint density at radius 3 is 2.79 bits per heavy atom. The van der Waals surface area contributed by atoms with Crippen molar-refractivity contribution in [3.05, 3.63) is 59.6 Å². The molecular formula is C20H19FN4OS2. The third-order valence-electron chi connectivity index (χ3n) is 4.01. The summed E-state index contributed by atoms with van der Waals surface area (Å²) in [6.07, 6.45) is 1.67. The molecule has 8 heteroatoms. The summed E-state index contributed by atoms with van der Waals surface area (Å²) in [7, 11) is 0. The highest BCUT2D eigenvalue weighted by Crippen LogP contribution is 2.30. The number of oxazole rings is 1. The Bertz CT molecular complexity index is 1060. The fourth-order valence-electron chi connectivity index (χ4n) is 2.79. The molecule has 5 nitrogen and oxygen atoms in total. The molecule has 3 heterocycles. The minimum atomic E-state index is -0.298. The van der Waals surface area contributed by atoms with Crippen LogP contribution in [-0.2, 0) is 12.3 Å². The minimum absolute atomic E-state index is 0.298. The number of benzene rings is 1. The molecule has 0 bridgehead atoms. The van der Waals surface area contributed by atoms with Crippen molar-refractivity contribution >= 4 is 23.1 Å². The van der Waals surface area contributed by atoms with Crippen LogP contribution < -0.4 is 0 Å². The lowest BCUT2D eigenvalue weighted by molar-refractivity contribution is 0.496. The van der Waals surface area contributed by atoms with E-state index >= 15 is 0 Å². The van der Waals surface area contributed by atoms with Gasteiger partial charge in [0.25, 0.3) is 0 Å². The van der Waals surface area contributed by atoms with Crippen molar-refractivity contribution in [2.24, 2.45) is 5.92 Å². The van der Waals surface area contributed by atoms with Gasteiger partial charge < -0.3 is 8.98 Å². The second kappa shape index (κ2) is 8.28. The molecule has 4 rings (SSSR count). The van der Waals surface area contributed by atoms with Crippen LogP contribution in [0.3, 0.4) is 0 Å². The van der Waals surface area contributed by atoms with Crippen molar-refractivity contribution in [1.29, 1.82) is 0 Å². The highest BCUT2D eigenvalue weighted by molar-refractivity contribution is 7.98. The van der Waals surface area contributed by atoms with E-state index in [-0.39, 0.29) is 5.82 Å². The Labute approximate surface area is 170 Å². The number of thioether (sulfide) groups is 1. The van der Waals surface area contributed by atoms with Crippen molar-refractivity contribution in [2.45, 2.75) is 31.3 Å². The van der Waals surface area contributed by atoms with E-state index in [1.54, 1.807) is 35.8 Å². The van der Waals surface area contributed by atoms with E-state index in [2.05, 4.69) is 29.0 Å². The lowest BCUT2D eigenvalue weighted by Crippen LogP contribution is -2.08. The Kier molecular flexibility index (Phi) is 5.59. The molecule has 0 N–H and O–H groups in total. The highest BCUT2D eigenvalue weighted by Gasteiger charge is 2.18. The SMILES string of the molecule is CC(C)Cn1c(SCc2coc(-c3cccs3)n2)nnc1-c1ccccc1F. The number of nitrogens with zero attached hydrogens (tertiary/aromatic N) is 4. The zero-order valence-electron chi connectivity index (χ0n) is 15.5. The van der Waals surface area contributed by atoms with Gasteiger partial charge in [-0.3, -0.25) is 0 Å². The molecule has 144 valence electrons. The van der Waals surface area contributed by atoms with Crippen LogP contribution in [0.5, 0.6) is 0 Å². The average molecular weight is 415 g/mol. The lowest BCUT2D eigenvalue weighted by atomic mass is 10.2. The molecular weight excluding hydrogens is 395 g/mol. The Hall–Kier alpha value is -2.45. The first-order valence-electron chi connectivity index (χ1n) is 8.91. The van der Waals surface area contributed by atoms with Crippen molar-refractivity contribution in [2.75, 3.05) is 0 Å². The summed E-state index contributed by atoms with van der Waals surface area (Å²) in [5.74, 6) is 1.85. The highest BCUT2D eigenvalue weighted by atomic mass is 32.2. The summed E-state index contributed by atoms with van der Waals surface area (Å²) in [5, 5.41) is 11.3. The van der Waals surface area contributed by atoms with E-state index in [0.29, 0.717) is 35.5 Å². The molecule has 28 heavy (non-hydrogen) atoms. The molecule has 1 aromatic carbocycles. The number of thiophene rings is 1. The van der Waals surface area contributed by atoms with Crippen LogP contribution in [0.1, 0.15) is 19.5 Å². The maximum atomic E-state index is 14.3. The summed E-state index contributed by atoms with van der Waals surface area (Å²) < 4.78 is 21.8. The van der Waals surface area contributed by atoms with Crippen LogP contribution in [0.25, 0.3) is 22.2 Å². The first-order chi connectivity index (χ1) is 13.6. The summed E-state index contributed by atoms with van der Waals surface area (Å²) in [5.41, 5.74) is 1.30. The van der Waals surface area contributed by atoms with Gasteiger partial charge in [-0.25, -0.2) is 9.37 Å². The summed E-state index contributed by atoms with van der Waals surface area (Å²) in [6.45, 7) is 4.94. The third-order valence-corrected chi connectivity index (χ3v) is 5.87. The Morgan fingerprint density at radius 1 is 1.18 bits per heavy atom. The topological polar surface area (TPSA) is 56.7 Å². The first kappa shape index (κ1) is 18.9. The standard InChI is InChI=1S/C20H19FN4OS2/c1-13(2)10-25-18(15-6-3-4-7-16(15)21)23-24-20(25)28-12-14-11-26-19(22-14)17-8-5-9-27-17/h3-9,11,13H,10,12H2,1-2H3. The quantitative estimate of drug-likeness (QED) is 0.361. The van der Waals surface area contributed by atoms with E-state index in [1.165, 1.54) is 17.8 Å². The van der Waals surface area contributed by atoms with Crippen LogP contribution in [0.4, 0.5) is 4.39 Å². The van der Waals surface area contributed by atoms with Crippen molar-refractivity contribution in [3.63, 3.8) is 0 Å². The second-order valence-corrected chi connectivity index (χ2v) is 8.59. The van der Waals surface area contributed by atoms with Crippen LogP contribution >= 0.6 is 23.1 Å². The molecule has 0 unspecified atom stereocenters. The van der Waals surface area contributed by atoms with Crippen LogP contribution in [-0.4, -0.2) is 19.7 Å².